The highest BCUT2D eigenvalue weighted by molar-refractivity contribution is 7.99. The fraction of sp³-hybridized carbons (Fsp3) is 0.458. The molecule has 0 aliphatic carbocycles. The third kappa shape index (κ3) is 5.77. The molecule has 1 aliphatic heterocycles. The maximum Gasteiger partial charge on any atom is 0.317 e. The second-order valence-corrected chi connectivity index (χ2v) is 9.60. The number of carboxylic acids is 1. The molecule has 2 aromatic rings. The quantitative estimate of drug-likeness (QED) is 0.692. The third-order valence-corrected chi connectivity index (χ3v) is 6.50. The summed E-state index contributed by atoms with van der Waals surface area (Å²) < 4.78 is 0. The molecule has 0 saturated carbocycles. The summed E-state index contributed by atoms with van der Waals surface area (Å²) in [5.41, 5.74) is 2.62. The molecule has 0 bridgehead atoms. The molecule has 1 fully saturated rings. The monoisotopic (exact) mass is 412 g/mol. The lowest BCUT2D eigenvalue weighted by atomic mass is 10.0. The molecule has 2 unspecified atom stereocenters. The maximum atomic E-state index is 11.2. The molecule has 0 radical (unpaired) electrons. The van der Waals surface area contributed by atoms with Crippen molar-refractivity contribution in [2.75, 3.05) is 24.5 Å². The van der Waals surface area contributed by atoms with Crippen LogP contribution in [0.3, 0.4) is 0 Å². The zero-order valence-corrected chi connectivity index (χ0v) is 18.7. The Bertz CT molecular complexity index is 822. The normalized spacial score (nSPS) is 20.2. The van der Waals surface area contributed by atoms with Crippen LogP contribution in [0.5, 0.6) is 0 Å². The summed E-state index contributed by atoms with van der Waals surface area (Å²) >= 11 is 1.80. The van der Waals surface area contributed by atoms with E-state index in [4.69, 9.17) is 5.11 Å². The summed E-state index contributed by atoms with van der Waals surface area (Å²) in [6.07, 6.45) is 1.11. The molecule has 3 rings (SSSR count). The molecule has 0 amide bonds. The van der Waals surface area contributed by atoms with Crippen LogP contribution in [-0.2, 0) is 11.2 Å². The Morgan fingerprint density at radius 2 is 1.76 bits per heavy atom. The first kappa shape index (κ1) is 21.7. The summed E-state index contributed by atoms with van der Waals surface area (Å²) in [6.45, 7) is 10.5. The van der Waals surface area contributed by atoms with Crippen molar-refractivity contribution in [2.24, 2.45) is 5.92 Å². The van der Waals surface area contributed by atoms with E-state index in [1.54, 1.807) is 11.8 Å². The zero-order chi connectivity index (χ0) is 21.0. The fourth-order valence-electron chi connectivity index (χ4n) is 4.00. The van der Waals surface area contributed by atoms with Crippen LogP contribution in [0.25, 0.3) is 0 Å². The van der Waals surface area contributed by atoms with Crippen LogP contribution in [0.2, 0.25) is 0 Å². The van der Waals surface area contributed by atoms with Gasteiger partial charge in [0.25, 0.3) is 0 Å². The number of anilines is 1. The van der Waals surface area contributed by atoms with E-state index in [0.717, 1.165) is 19.5 Å². The summed E-state index contributed by atoms with van der Waals surface area (Å²) in [5, 5.41) is 9.17. The average Bonchev–Trinajstić information content (AvgIpc) is 2.66. The van der Waals surface area contributed by atoms with Crippen molar-refractivity contribution in [2.45, 2.75) is 56.0 Å². The molecule has 1 saturated heterocycles. The minimum atomic E-state index is -0.755. The van der Waals surface area contributed by atoms with E-state index in [0.29, 0.717) is 5.92 Å². The topological polar surface area (TPSA) is 43.8 Å². The molecule has 0 aromatic heterocycles. The lowest BCUT2D eigenvalue weighted by Crippen LogP contribution is -2.57. The van der Waals surface area contributed by atoms with Gasteiger partial charge in [0.2, 0.25) is 0 Å². The predicted molar refractivity (Wildman–Crippen MR) is 121 cm³/mol. The van der Waals surface area contributed by atoms with Gasteiger partial charge in [-0.1, -0.05) is 49.9 Å². The van der Waals surface area contributed by atoms with E-state index in [1.165, 1.54) is 21.0 Å². The van der Waals surface area contributed by atoms with Gasteiger partial charge >= 0.3 is 5.97 Å². The fourth-order valence-corrected chi connectivity index (χ4v) is 4.96. The molecule has 2 atom stereocenters. The van der Waals surface area contributed by atoms with Crippen molar-refractivity contribution in [3.05, 3.63) is 54.1 Å². The zero-order valence-electron chi connectivity index (χ0n) is 17.8. The van der Waals surface area contributed by atoms with Gasteiger partial charge in [0.15, 0.2) is 0 Å². The largest absolute Gasteiger partial charge is 0.480 e. The Balaban J connectivity index is 1.76. The lowest BCUT2D eigenvalue weighted by molar-refractivity contribution is -0.139. The number of benzene rings is 2. The molecule has 1 aliphatic rings. The van der Waals surface area contributed by atoms with Crippen molar-refractivity contribution in [1.29, 1.82) is 0 Å². The van der Waals surface area contributed by atoms with E-state index >= 15 is 0 Å². The van der Waals surface area contributed by atoms with Gasteiger partial charge in [-0.3, -0.25) is 9.69 Å². The van der Waals surface area contributed by atoms with Gasteiger partial charge < -0.3 is 10.0 Å². The van der Waals surface area contributed by atoms with Gasteiger partial charge in [-0.25, -0.2) is 0 Å². The minimum Gasteiger partial charge on any atom is -0.480 e. The van der Waals surface area contributed by atoms with E-state index in [9.17, 15) is 4.79 Å². The summed E-state index contributed by atoms with van der Waals surface area (Å²) in [5.74, 6) is -0.0909. The summed E-state index contributed by atoms with van der Waals surface area (Å²) in [4.78, 5) is 18.1. The van der Waals surface area contributed by atoms with Gasteiger partial charge in [-0.05, 0) is 56.0 Å². The van der Waals surface area contributed by atoms with Crippen LogP contribution in [0.1, 0.15) is 33.3 Å². The third-order valence-electron chi connectivity index (χ3n) is 5.42. The number of para-hydroxylation sites is 1. The number of aliphatic carboxylic acids is 1. The van der Waals surface area contributed by atoms with Crippen molar-refractivity contribution < 1.29 is 9.90 Å². The average molecular weight is 413 g/mol. The van der Waals surface area contributed by atoms with E-state index < -0.39 is 5.97 Å². The Morgan fingerprint density at radius 1 is 1.07 bits per heavy atom. The van der Waals surface area contributed by atoms with Crippen LogP contribution in [0.4, 0.5) is 5.69 Å². The van der Waals surface area contributed by atoms with Crippen LogP contribution >= 0.6 is 11.8 Å². The molecule has 5 heteroatoms. The van der Waals surface area contributed by atoms with Crippen LogP contribution in [0.15, 0.2) is 58.3 Å². The van der Waals surface area contributed by atoms with E-state index in [-0.39, 0.29) is 18.6 Å². The van der Waals surface area contributed by atoms with E-state index in [1.807, 2.05) is 0 Å². The maximum absolute atomic E-state index is 11.2. The van der Waals surface area contributed by atoms with Gasteiger partial charge in [0.05, 0.1) is 12.2 Å². The number of nitrogens with zero attached hydrogens (tertiary/aromatic N) is 2. The Kier molecular flexibility index (Phi) is 7.25. The van der Waals surface area contributed by atoms with Crippen molar-refractivity contribution in [3.63, 3.8) is 0 Å². The first-order valence-corrected chi connectivity index (χ1v) is 11.2. The second kappa shape index (κ2) is 9.68. The van der Waals surface area contributed by atoms with Crippen molar-refractivity contribution >= 4 is 23.4 Å². The van der Waals surface area contributed by atoms with Gasteiger partial charge in [0, 0.05) is 35.0 Å². The molecule has 1 N–H and O–H groups in total. The first-order valence-electron chi connectivity index (χ1n) is 10.4. The molecular weight excluding hydrogens is 380 g/mol. The van der Waals surface area contributed by atoms with Crippen molar-refractivity contribution in [1.82, 2.24) is 4.90 Å². The summed E-state index contributed by atoms with van der Waals surface area (Å²) in [6, 6.07) is 17.9. The van der Waals surface area contributed by atoms with Gasteiger partial charge in [-0.2, -0.15) is 0 Å². The smallest absolute Gasteiger partial charge is 0.317 e. The predicted octanol–water partition coefficient (Wildman–Crippen LogP) is 5.02. The Hall–Kier alpha value is -1.98. The number of carbonyl (C=O) groups is 1. The minimum absolute atomic E-state index is 0.110. The van der Waals surface area contributed by atoms with Crippen LogP contribution in [0, 0.1) is 5.92 Å². The lowest BCUT2D eigenvalue weighted by Gasteiger charge is -2.45. The van der Waals surface area contributed by atoms with E-state index in [2.05, 4.69) is 86.0 Å². The Labute approximate surface area is 178 Å². The highest BCUT2D eigenvalue weighted by atomic mass is 32.2. The first-order chi connectivity index (χ1) is 13.8. The van der Waals surface area contributed by atoms with Gasteiger partial charge in [0.1, 0.15) is 0 Å². The van der Waals surface area contributed by atoms with Crippen molar-refractivity contribution in [3.8, 4) is 0 Å². The summed E-state index contributed by atoms with van der Waals surface area (Å²) in [7, 11) is 0. The molecule has 4 nitrogen and oxygen atoms in total. The molecule has 156 valence electrons. The molecule has 2 aromatic carbocycles. The van der Waals surface area contributed by atoms with Crippen LogP contribution < -0.4 is 4.90 Å². The molecular formula is C24H32N2O2S. The number of hydrogen-bond donors (Lipinski definition) is 1. The number of carboxylic acid groups (broad SMARTS) is 1. The standard InChI is InChI=1S/C24H32N2O2S/c1-17(2)13-20-9-11-21(12-10-20)29-23-8-6-5-7-22(23)26-15-18(3)25(14-19(26)4)16-24(27)28/h5-12,17-19H,13-16H2,1-4H3,(H,27,28). The SMILES string of the molecule is CC(C)Cc1ccc(Sc2ccccc2N2CC(C)N(CC(=O)O)CC2C)cc1. The van der Waals surface area contributed by atoms with Gasteiger partial charge in [-0.15, -0.1) is 0 Å². The molecule has 0 spiro atoms. The molecule has 29 heavy (non-hydrogen) atoms. The second-order valence-electron chi connectivity index (χ2n) is 8.49. The molecule has 1 heterocycles. The number of piperazine rings is 1. The highest BCUT2D eigenvalue weighted by Crippen LogP contribution is 2.37. The number of rotatable bonds is 7. The van der Waals surface area contributed by atoms with Crippen LogP contribution in [-0.4, -0.2) is 47.7 Å². The highest BCUT2D eigenvalue weighted by Gasteiger charge is 2.31. The Morgan fingerprint density at radius 3 is 2.41 bits per heavy atom. The number of hydrogen-bond acceptors (Lipinski definition) is 4.